The summed E-state index contributed by atoms with van der Waals surface area (Å²) >= 11 is 1.72. The van der Waals surface area contributed by atoms with Gasteiger partial charge >= 0.3 is 0 Å². The molecule has 0 amide bonds. The predicted octanol–water partition coefficient (Wildman–Crippen LogP) is 4.45. The molecule has 1 aliphatic heterocycles. The maximum absolute atomic E-state index is 5.63. The maximum Gasteiger partial charge on any atom is 0.139 e. The van der Waals surface area contributed by atoms with Gasteiger partial charge < -0.3 is 4.74 Å². The second kappa shape index (κ2) is 9.42. The zero-order valence-corrected chi connectivity index (χ0v) is 17.6. The van der Waals surface area contributed by atoms with Crippen LogP contribution in [0.15, 0.2) is 30.6 Å². The van der Waals surface area contributed by atoms with E-state index < -0.39 is 0 Å². The summed E-state index contributed by atoms with van der Waals surface area (Å²) in [7, 11) is 0. The number of piperidine rings is 1. The summed E-state index contributed by atoms with van der Waals surface area (Å²) in [6, 6.07) is 6.54. The first-order chi connectivity index (χ1) is 13.1. The molecule has 0 spiro atoms. The first-order valence-corrected chi connectivity index (χ1v) is 10.9. The fraction of sp³-hybridized carbons (Fsp3) is 0.524. The van der Waals surface area contributed by atoms with E-state index in [2.05, 4.69) is 57.7 Å². The SMILES string of the molecule is CCOc1cncc(N(SC)N2CCC[C@H](Cc3cc(C)nc(C)c3)C2)c1. The number of aryl methyl sites for hydroxylation is 2. The lowest BCUT2D eigenvalue weighted by molar-refractivity contribution is 0.186. The van der Waals surface area contributed by atoms with Gasteiger partial charge in [0.1, 0.15) is 5.75 Å². The molecule has 2 aromatic heterocycles. The summed E-state index contributed by atoms with van der Waals surface area (Å²) in [6.07, 6.45) is 9.41. The Hall–Kier alpha value is -1.79. The molecule has 0 saturated carbocycles. The van der Waals surface area contributed by atoms with Crippen LogP contribution in [0, 0.1) is 19.8 Å². The molecule has 1 saturated heterocycles. The molecule has 1 fully saturated rings. The molecule has 0 aliphatic carbocycles. The third kappa shape index (κ3) is 5.36. The zero-order valence-electron chi connectivity index (χ0n) is 16.8. The van der Waals surface area contributed by atoms with Crippen molar-refractivity contribution in [1.82, 2.24) is 15.0 Å². The minimum Gasteiger partial charge on any atom is -0.492 e. The molecule has 0 bridgehead atoms. The normalized spacial score (nSPS) is 17.7. The highest BCUT2D eigenvalue weighted by Crippen LogP contribution is 2.30. The van der Waals surface area contributed by atoms with Crippen LogP contribution in [-0.2, 0) is 6.42 Å². The third-order valence-electron chi connectivity index (χ3n) is 4.82. The van der Waals surface area contributed by atoms with E-state index >= 15 is 0 Å². The van der Waals surface area contributed by atoms with E-state index in [4.69, 9.17) is 4.74 Å². The molecule has 0 N–H and O–H groups in total. The summed E-state index contributed by atoms with van der Waals surface area (Å²) < 4.78 is 7.90. The third-order valence-corrected chi connectivity index (χ3v) is 5.61. The van der Waals surface area contributed by atoms with Crippen LogP contribution in [0.4, 0.5) is 5.69 Å². The van der Waals surface area contributed by atoms with Gasteiger partial charge in [0.05, 0.1) is 24.7 Å². The Labute approximate surface area is 167 Å². The van der Waals surface area contributed by atoms with Crippen LogP contribution in [0.3, 0.4) is 0 Å². The van der Waals surface area contributed by atoms with Crippen molar-refractivity contribution >= 4 is 17.6 Å². The predicted molar refractivity (Wildman–Crippen MR) is 113 cm³/mol. The van der Waals surface area contributed by atoms with Crippen LogP contribution >= 0.6 is 11.9 Å². The summed E-state index contributed by atoms with van der Waals surface area (Å²) in [5.41, 5.74) is 4.71. The summed E-state index contributed by atoms with van der Waals surface area (Å²) in [5.74, 6) is 1.47. The number of hydrogen-bond donors (Lipinski definition) is 0. The van der Waals surface area contributed by atoms with Crippen molar-refractivity contribution in [2.24, 2.45) is 5.92 Å². The summed E-state index contributed by atoms with van der Waals surface area (Å²) in [6.45, 7) is 8.94. The van der Waals surface area contributed by atoms with Crippen molar-refractivity contribution in [3.63, 3.8) is 0 Å². The molecule has 2 aromatic rings. The van der Waals surface area contributed by atoms with Crippen LogP contribution in [-0.4, -0.2) is 40.9 Å². The molecule has 3 heterocycles. The van der Waals surface area contributed by atoms with Gasteiger partial charge in [-0.25, -0.2) is 9.42 Å². The molecular formula is C21H30N4OS. The van der Waals surface area contributed by atoms with Crippen molar-refractivity contribution < 1.29 is 4.74 Å². The number of ether oxygens (including phenoxy) is 1. The van der Waals surface area contributed by atoms with E-state index in [0.29, 0.717) is 12.5 Å². The smallest absolute Gasteiger partial charge is 0.139 e. The fourth-order valence-corrected chi connectivity index (χ4v) is 4.58. The van der Waals surface area contributed by atoms with Crippen LogP contribution in [0.1, 0.15) is 36.7 Å². The molecule has 3 rings (SSSR count). The monoisotopic (exact) mass is 386 g/mol. The number of nitrogens with zero attached hydrogens (tertiary/aromatic N) is 4. The summed E-state index contributed by atoms with van der Waals surface area (Å²) in [5, 5.41) is 2.45. The minimum absolute atomic E-state index is 0.651. The highest BCUT2D eigenvalue weighted by atomic mass is 32.2. The lowest BCUT2D eigenvalue weighted by Gasteiger charge is -2.40. The van der Waals surface area contributed by atoms with Gasteiger partial charge in [-0.15, -0.1) is 0 Å². The van der Waals surface area contributed by atoms with E-state index in [0.717, 1.165) is 42.3 Å². The largest absolute Gasteiger partial charge is 0.492 e. The second-order valence-electron chi connectivity index (χ2n) is 7.15. The molecule has 0 unspecified atom stereocenters. The molecular weight excluding hydrogens is 356 g/mol. The molecule has 0 radical (unpaired) electrons. The van der Waals surface area contributed by atoms with Gasteiger partial charge in [-0.1, -0.05) is 0 Å². The minimum atomic E-state index is 0.651. The highest BCUT2D eigenvalue weighted by molar-refractivity contribution is 7.99. The summed E-state index contributed by atoms with van der Waals surface area (Å²) in [4.78, 5) is 8.87. The van der Waals surface area contributed by atoms with Gasteiger partial charge in [-0.3, -0.25) is 9.97 Å². The van der Waals surface area contributed by atoms with Crippen molar-refractivity contribution in [1.29, 1.82) is 0 Å². The van der Waals surface area contributed by atoms with E-state index in [1.807, 2.05) is 13.1 Å². The first-order valence-electron chi connectivity index (χ1n) is 9.70. The Bertz CT molecular complexity index is 734. The van der Waals surface area contributed by atoms with Crippen molar-refractivity contribution in [3.05, 3.63) is 47.5 Å². The Kier molecular flexibility index (Phi) is 6.96. The lowest BCUT2D eigenvalue weighted by Crippen LogP contribution is -2.45. The van der Waals surface area contributed by atoms with E-state index in [-0.39, 0.29) is 0 Å². The molecule has 0 aromatic carbocycles. The number of aromatic nitrogens is 2. The van der Waals surface area contributed by atoms with E-state index in [1.165, 1.54) is 18.4 Å². The lowest BCUT2D eigenvalue weighted by atomic mass is 9.92. The van der Waals surface area contributed by atoms with Crippen molar-refractivity contribution in [2.75, 3.05) is 30.4 Å². The average Bonchev–Trinajstić information content (AvgIpc) is 2.62. The topological polar surface area (TPSA) is 41.5 Å². The zero-order chi connectivity index (χ0) is 19.2. The van der Waals surface area contributed by atoms with E-state index in [1.54, 1.807) is 18.1 Å². The van der Waals surface area contributed by atoms with Crippen LogP contribution in [0.25, 0.3) is 0 Å². The van der Waals surface area contributed by atoms with Crippen molar-refractivity contribution in [3.8, 4) is 5.75 Å². The number of anilines is 1. The molecule has 5 nitrogen and oxygen atoms in total. The van der Waals surface area contributed by atoms with Crippen LogP contribution in [0.5, 0.6) is 5.75 Å². The molecule has 1 aliphatic rings. The standard InChI is InChI=1S/C21H30N4OS/c1-5-26-21-12-20(13-22-14-21)25(27-4)24-8-6-7-18(15-24)11-19-9-16(2)23-17(3)10-19/h9-10,12-14,18H,5-8,11,15H2,1-4H3/t18-/m1/s1. The van der Waals surface area contributed by atoms with Gasteiger partial charge in [0.25, 0.3) is 0 Å². The van der Waals surface area contributed by atoms with Crippen LogP contribution < -0.4 is 9.15 Å². The molecule has 1 atom stereocenters. The van der Waals surface area contributed by atoms with Gasteiger partial charge in [0.15, 0.2) is 0 Å². The number of rotatable bonds is 7. The Morgan fingerprint density at radius 2 is 2.00 bits per heavy atom. The van der Waals surface area contributed by atoms with Gasteiger partial charge in [0, 0.05) is 36.8 Å². The quantitative estimate of drug-likeness (QED) is 0.655. The highest BCUT2D eigenvalue weighted by Gasteiger charge is 2.25. The Morgan fingerprint density at radius 3 is 2.70 bits per heavy atom. The van der Waals surface area contributed by atoms with Crippen LogP contribution in [0.2, 0.25) is 0 Å². The molecule has 146 valence electrons. The Morgan fingerprint density at radius 1 is 1.22 bits per heavy atom. The van der Waals surface area contributed by atoms with Gasteiger partial charge in [-0.2, -0.15) is 0 Å². The number of pyridine rings is 2. The first kappa shape index (κ1) is 20.0. The van der Waals surface area contributed by atoms with Crippen molar-refractivity contribution in [2.45, 2.75) is 40.0 Å². The molecule has 6 heteroatoms. The van der Waals surface area contributed by atoms with E-state index in [9.17, 15) is 0 Å². The Balaban J connectivity index is 1.71. The molecule has 27 heavy (non-hydrogen) atoms. The number of hydrazine groups is 1. The average molecular weight is 387 g/mol. The van der Waals surface area contributed by atoms with Gasteiger partial charge in [0.2, 0.25) is 0 Å². The van der Waals surface area contributed by atoms with Gasteiger partial charge in [-0.05, 0) is 75.6 Å². The fourth-order valence-electron chi connectivity index (χ4n) is 3.89. The maximum atomic E-state index is 5.63. The second-order valence-corrected chi connectivity index (χ2v) is 7.86. The number of hydrogen-bond acceptors (Lipinski definition) is 6.